The number of halogens is 1. The van der Waals surface area contributed by atoms with Gasteiger partial charge in [-0.2, -0.15) is 0 Å². The molecule has 0 unspecified atom stereocenters. The number of aromatic nitrogens is 2. The normalized spacial score (nSPS) is 22.7. The van der Waals surface area contributed by atoms with Gasteiger partial charge < -0.3 is 15.3 Å². The maximum Gasteiger partial charge on any atom is 0.274 e. The van der Waals surface area contributed by atoms with E-state index in [-0.39, 0.29) is 35.4 Å². The Bertz CT molecular complexity index is 901. The molecule has 0 spiro atoms. The predicted molar refractivity (Wildman–Crippen MR) is 114 cm³/mol. The molecule has 1 aliphatic carbocycles. The first-order chi connectivity index (χ1) is 14.5. The lowest BCUT2D eigenvalue weighted by Crippen LogP contribution is -2.42. The molecular formula is C23H29FN4O2. The van der Waals surface area contributed by atoms with Crippen LogP contribution in [-0.2, 0) is 0 Å². The van der Waals surface area contributed by atoms with E-state index in [0.29, 0.717) is 30.9 Å². The number of carbonyl (C=O) groups is 1. The number of carbonyl (C=O) groups excluding carboxylic acids is 1. The molecule has 160 valence electrons. The molecule has 2 atom stereocenters. The van der Waals surface area contributed by atoms with Crippen LogP contribution in [0.15, 0.2) is 30.6 Å². The number of rotatable bonds is 4. The number of nitrogens with one attached hydrogen (secondary N) is 1. The Labute approximate surface area is 176 Å². The summed E-state index contributed by atoms with van der Waals surface area (Å²) in [4.78, 5) is 23.6. The molecule has 30 heavy (non-hydrogen) atoms. The molecule has 1 aliphatic heterocycles. The molecule has 0 bridgehead atoms. The second-order valence-electron chi connectivity index (χ2n) is 8.52. The smallest absolute Gasteiger partial charge is 0.274 e. The van der Waals surface area contributed by atoms with Crippen LogP contribution in [0, 0.1) is 11.7 Å². The zero-order valence-electron chi connectivity index (χ0n) is 17.4. The topological polar surface area (TPSA) is 78.4 Å². The lowest BCUT2D eigenvalue weighted by atomic mass is 9.86. The Morgan fingerprint density at radius 2 is 2.00 bits per heavy atom. The highest BCUT2D eigenvalue weighted by Crippen LogP contribution is 2.33. The van der Waals surface area contributed by atoms with Gasteiger partial charge in [-0.15, -0.1) is 0 Å². The van der Waals surface area contributed by atoms with Crippen LogP contribution in [0.2, 0.25) is 0 Å². The second-order valence-corrected chi connectivity index (χ2v) is 8.52. The lowest BCUT2D eigenvalue weighted by Gasteiger charge is -2.36. The van der Waals surface area contributed by atoms with E-state index in [1.807, 2.05) is 13.0 Å². The van der Waals surface area contributed by atoms with Crippen LogP contribution in [-0.4, -0.2) is 40.2 Å². The van der Waals surface area contributed by atoms with Crippen molar-refractivity contribution in [2.75, 3.05) is 23.3 Å². The van der Waals surface area contributed by atoms with E-state index in [1.54, 1.807) is 12.4 Å². The number of aliphatic hydroxyl groups is 1. The first-order valence-corrected chi connectivity index (χ1v) is 10.9. The van der Waals surface area contributed by atoms with E-state index in [0.717, 1.165) is 31.4 Å². The van der Waals surface area contributed by atoms with Gasteiger partial charge in [0.2, 0.25) is 0 Å². The van der Waals surface area contributed by atoms with Gasteiger partial charge in [-0.1, -0.05) is 26.2 Å². The third kappa shape index (κ3) is 4.46. The van der Waals surface area contributed by atoms with E-state index >= 15 is 0 Å². The maximum absolute atomic E-state index is 14.4. The quantitative estimate of drug-likeness (QED) is 0.790. The highest BCUT2D eigenvalue weighted by molar-refractivity contribution is 6.04. The summed E-state index contributed by atoms with van der Waals surface area (Å²) in [5, 5.41) is 12.9. The van der Waals surface area contributed by atoms with Crippen molar-refractivity contribution in [2.45, 2.75) is 57.5 Å². The van der Waals surface area contributed by atoms with E-state index < -0.39 is 0 Å². The van der Waals surface area contributed by atoms with Crippen molar-refractivity contribution in [2.24, 2.45) is 5.92 Å². The van der Waals surface area contributed by atoms with Crippen LogP contribution < -0.4 is 10.2 Å². The fraction of sp³-hybridized carbons (Fsp3) is 0.522. The summed E-state index contributed by atoms with van der Waals surface area (Å²) in [6.07, 6.45) is 8.85. The van der Waals surface area contributed by atoms with Gasteiger partial charge in [0, 0.05) is 25.2 Å². The summed E-state index contributed by atoms with van der Waals surface area (Å²) in [7, 11) is 0. The summed E-state index contributed by atoms with van der Waals surface area (Å²) in [5.41, 5.74) is 2.09. The average molecular weight is 413 g/mol. The molecule has 4 rings (SSSR count). The summed E-state index contributed by atoms with van der Waals surface area (Å²) < 4.78 is 14.4. The number of nitrogens with zero attached hydrogens (tertiary/aromatic N) is 3. The number of aliphatic hydroxyl groups excluding tert-OH is 1. The van der Waals surface area contributed by atoms with Gasteiger partial charge in [-0.05, 0) is 43.4 Å². The third-order valence-electron chi connectivity index (χ3n) is 6.34. The van der Waals surface area contributed by atoms with Gasteiger partial charge in [-0.3, -0.25) is 9.78 Å². The standard InChI is InChI=1S/C23H29FN4O2/c1-15-14-28(12-10-21(15)29)20-9-11-25-13-19(20)27-23(30)18-8-7-17(24)22(26-18)16-5-3-2-4-6-16/h7-9,11,13,15-16,21,29H,2-6,10,12,14H2,1H3,(H,27,30)/t15-,21-/m0/s1. The average Bonchev–Trinajstić information content (AvgIpc) is 2.77. The number of hydrogen-bond acceptors (Lipinski definition) is 5. The van der Waals surface area contributed by atoms with E-state index in [9.17, 15) is 14.3 Å². The zero-order valence-corrected chi connectivity index (χ0v) is 17.4. The van der Waals surface area contributed by atoms with Crippen molar-refractivity contribution in [3.63, 3.8) is 0 Å². The number of hydrogen-bond donors (Lipinski definition) is 2. The van der Waals surface area contributed by atoms with Gasteiger partial charge in [-0.25, -0.2) is 9.37 Å². The molecule has 7 heteroatoms. The first kappa shape index (κ1) is 20.7. The number of anilines is 2. The number of pyridine rings is 2. The molecule has 3 heterocycles. The SMILES string of the molecule is C[C@H]1CN(c2ccncc2NC(=O)c2ccc(F)c(C3CCCCC3)n2)CC[C@@H]1O. The predicted octanol–water partition coefficient (Wildman–Crippen LogP) is 4.12. The minimum atomic E-state index is -0.369. The molecule has 1 saturated carbocycles. The molecule has 2 aliphatic rings. The van der Waals surface area contributed by atoms with Crippen LogP contribution >= 0.6 is 0 Å². The molecule has 2 aromatic heterocycles. The van der Waals surface area contributed by atoms with Gasteiger partial charge in [0.1, 0.15) is 11.5 Å². The minimum absolute atomic E-state index is 0.0849. The van der Waals surface area contributed by atoms with Crippen LogP contribution in [0.4, 0.5) is 15.8 Å². The van der Waals surface area contributed by atoms with Crippen molar-refractivity contribution in [3.05, 3.63) is 47.8 Å². The largest absolute Gasteiger partial charge is 0.393 e. The van der Waals surface area contributed by atoms with Crippen molar-refractivity contribution in [1.29, 1.82) is 0 Å². The van der Waals surface area contributed by atoms with Crippen molar-refractivity contribution in [3.8, 4) is 0 Å². The Hall–Kier alpha value is -2.54. The molecular weight excluding hydrogens is 383 g/mol. The molecule has 6 nitrogen and oxygen atoms in total. The fourth-order valence-corrected chi connectivity index (χ4v) is 4.54. The summed E-state index contributed by atoms with van der Waals surface area (Å²) in [5.74, 6) is -0.471. The number of piperidine rings is 1. The molecule has 0 radical (unpaired) electrons. The van der Waals surface area contributed by atoms with Gasteiger partial charge >= 0.3 is 0 Å². The van der Waals surface area contributed by atoms with E-state index in [1.165, 1.54) is 18.6 Å². The lowest BCUT2D eigenvalue weighted by molar-refractivity contribution is 0.0969. The summed E-state index contributed by atoms with van der Waals surface area (Å²) in [6.45, 7) is 3.43. The minimum Gasteiger partial charge on any atom is -0.393 e. The van der Waals surface area contributed by atoms with Gasteiger partial charge in [0.15, 0.2) is 0 Å². The Morgan fingerprint density at radius 3 is 2.77 bits per heavy atom. The van der Waals surface area contributed by atoms with Crippen molar-refractivity contribution in [1.82, 2.24) is 9.97 Å². The van der Waals surface area contributed by atoms with E-state index in [2.05, 4.69) is 20.2 Å². The molecule has 1 amide bonds. The van der Waals surface area contributed by atoms with Crippen LogP contribution in [0.3, 0.4) is 0 Å². The fourth-order valence-electron chi connectivity index (χ4n) is 4.54. The molecule has 0 aromatic carbocycles. The first-order valence-electron chi connectivity index (χ1n) is 10.9. The molecule has 2 aromatic rings. The second kappa shape index (κ2) is 9.08. The maximum atomic E-state index is 14.4. The van der Waals surface area contributed by atoms with E-state index in [4.69, 9.17) is 0 Å². The van der Waals surface area contributed by atoms with Crippen molar-refractivity contribution < 1.29 is 14.3 Å². The van der Waals surface area contributed by atoms with Gasteiger partial charge in [0.05, 0.1) is 29.4 Å². The van der Waals surface area contributed by atoms with Gasteiger partial charge in [0.25, 0.3) is 5.91 Å². The Balaban J connectivity index is 1.53. The molecule has 2 fully saturated rings. The van der Waals surface area contributed by atoms with Crippen molar-refractivity contribution >= 4 is 17.3 Å². The zero-order chi connectivity index (χ0) is 21.1. The number of amides is 1. The molecule has 1 saturated heterocycles. The monoisotopic (exact) mass is 412 g/mol. The highest BCUT2D eigenvalue weighted by Gasteiger charge is 2.26. The van der Waals surface area contributed by atoms with Crippen LogP contribution in [0.1, 0.15) is 67.5 Å². The highest BCUT2D eigenvalue weighted by atomic mass is 19.1. The summed E-state index contributed by atoms with van der Waals surface area (Å²) in [6, 6.07) is 4.65. The Kier molecular flexibility index (Phi) is 6.27. The van der Waals surface area contributed by atoms with Crippen LogP contribution in [0.5, 0.6) is 0 Å². The van der Waals surface area contributed by atoms with Crippen LogP contribution in [0.25, 0.3) is 0 Å². The summed E-state index contributed by atoms with van der Waals surface area (Å²) >= 11 is 0. The molecule has 2 N–H and O–H groups in total. The Morgan fingerprint density at radius 1 is 1.20 bits per heavy atom. The third-order valence-corrected chi connectivity index (χ3v) is 6.34.